The molecule has 1 aromatic heterocycles. The molecule has 0 aliphatic heterocycles. The third kappa shape index (κ3) is 2.81. The Hall–Kier alpha value is -1.43. The Kier molecular flexibility index (Phi) is 3.58. The average molecular weight is 212 g/mol. The van der Waals surface area contributed by atoms with Crippen molar-refractivity contribution in [1.29, 1.82) is 0 Å². The summed E-state index contributed by atoms with van der Waals surface area (Å²) in [6.07, 6.45) is 1.56. The van der Waals surface area contributed by atoms with Crippen LogP contribution in [0.4, 0.5) is 5.13 Å². The van der Waals surface area contributed by atoms with E-state index in [9.17, 15) is 4.79 Å². The SMILES string of the molecule is CC(C)O/N=C(/[C]=O)c1csc(N)n1. The molecule has 1 rings (SSSR count). The van der Waals surface area contributed by atoms with Gasteiger partial charge in [0.15, 0.2) is 10.8 Å². The van der Waals surface area contributed by atoms with Crippen LogP contribution in [0, 0.1) is 0 Å². The van der Waals surface area contributed by atoms with Crippen LogP contribution in [-0.4, -0.2) is 23.1 Å². The van der Waals surface area contributed by atoms with Crippen LogP contribution in [0.3, 0.4) is 0 Å². The zero-order valence-corrected chi connectivity index (χ0v) is 8.67. The Morgan fingerprint density at radius 3 is 2.93 bits per heavy atom. The molecule has 0 aliphatic rings. The second-order valence-electron chi connectivity index (χ2n) is 2.77. The van der Waals surface area contributed by atoms with Crippen LogP contribution in [0.5, 0.6) is 0 Å². The summed E-state index contributed by atoms with van der Waals surface area (Å²) in [6, 6.07) is 0. The highest BCUT2D eigenvalue weighted by Crippen LogP contribution is 2.11. The van der Waals surface area contributed by atoms with Crippen molar-refractivity contribution in [1.82, 2.24) is 4.98 Å². The molecule has 6 heteroatoms. The van der Waals surface area contributed by atoms with Crippen LogP contribution >= 0.6 is 11.3 Å². The molecule has 1 aromatic rings. The fraction of sp³-hybridized carbons (Fsp3) is 0.375. The summed E-state index contributed by atoms with van der Waals surface area (Å²) < 4.78 is 0. The van der Waals surface area contributed by atoms with E-state index in [-0.39, 0.29) is 11.8 Å². The number of hydrogen-bond acceptors (Lipinski definition) is 6. The standard InChI is InChI=1S/C8H10N3O2S/c1-5(2)13-11-6(3-12)7-4-14-8(9)10-7/h4-5H,1-2H3,(H2,9,10)/b11-6-. The van der Waals surface area contributed by atoms with Gasteiger partial charge in [-0.15, -0.1) is 11.3 Å². The minimum atomic E-state index is -0.0886. The van der Waals surface area contributed by atoms with Crippen LogP contribution in [0.15, 0.2) is 10.5 Å². The van der Waals surface area contributed by atoms with Gasteiger partial charge in [-0.3, -0.25) is 4.79 Å². The number of nitrogens with zero attached hydrogens (tertiary/aromatic N) is 2. The van der Waals surface area contributed by atoms with Crippen molar-refractivity contribution >= 4 is 28.5 Å². The number of aromatic nitrogens is 1. The molecule has 75 valence electrons. The lowest BCUT2D eigenvalue weighted by atomic mass is 10.3. The van der Waals surface area contributed by atoms with E-state index in [1.54, 1.807) is 25.5 Å². The van der Waals surface area contributed by atoms with Crippen LogP contribution in [0.2, 0.25) is 0 Å². The first-order valence-corrected chi connectivity index (χ1v) is 4.84. The van der Waals surface area contributed by atoms with Crippen molar-refractivity contribution < 1.29 is 9.63 Å². The summed E-state index contributed by atoms with van der Waals surface area (Å²) in [7, 11) is 0. The van der Waals surface area contributed by atoms with E-state index in [0.717, 1.165) is 0 Å². The van der Waals surface area contributed by atoms with Crippen molar-refractivity contribution in [3.63, 3.8) is 0 Å². The molecule has 0 spiro atoms. The van der Waals surface area contributed by atoms with E-state index < -0.39 is 0 Å². The lowest BCUT2D eigenvalue weighted by Crippen LogP contribution is -2.06. The van der Waals surface area contributed by atoms with E-state index >= 15 is 0 Å². The van der Waals surface area contributed by atoms with E-state index in [1.807, 2.05) is 0 Å². The van der Waals surface area contributed by atoms with Gasteiger partial charge in [-0.05, 0) is 13.8 Å². The van der Waals surface area contributed by atoms with Crippen LogP contribution in [0.25, 0.3) is 0 Å². The molecule has 14 heavy (non-hydrogen) atoms. The molecule has 0 amide bonds. The number of rotatable bonds is 4. The Morgan fingerprint density at radius 2 is 2.50 bits per heavy atom. The fourth-order valence-corrected chi connectivity index (χ4v) is 1.22. The van der Waals surface area contributed by atoms with Gasteiger partial charge in [0.05, 0.1) is 0 Å². The lowest BCUT2D eigenvalue weighted by Gasteiger charge is -2.01. The predicted octanol–water partition coefficient (Wildman–Crippen LogP) is 0.964. The van der Waals surface area contributed by atoms with Gasteiger partial charge in [0, 0.05) is 5.38 Å². The molecule has 0 saturated heterocycles. The highest BCUT2D eigenvalue weighted by Gasteiger charge is 2.08. The van der Waals surface area contributed by atoms with Gasteiger partial charge in [0.2, 0.25) is 0 Å². The molecular formula is C8H10N3O2S. The summed E-state index contributed by atoms with van der Waals surface area (Å²) in [5, 5.41) is 5.62. The number of nitrogen functional groups attached to an aromatic ring is 1. The molecule has 0 atom stereocenters. The van der Waals surface area contributed by atoms with E-state index in [0.29, 0.717) is 10.8 Å². The first kappa shape index (κ1) is 10.6. The maximum atomic E-state index is 10.5. The Bertz CT molecular complexity index is 346. The maximum absolute atomic E-state index is 10.5. The number of hydrogen-bond donors (Lipinski definition) is 1. The Balaban J connectivity index is 2.81. The molecule has 0 aliphatic carbocycles. The van der Waals surface area contributed by atoms with E-state index in [4.69, 9.17) is 10.6 Å². The van der Waals surface area contributed by atoms with Gasteiger partial charge >= 0.3 is 0 Å². The number of thiazole rings is 1. The zero-order chi connectivity index (χ0) is 10.6. The second-order valence-corrected chi connectivity index (χ2v) is 3.66. The minimum absolute atomic E-state index is 0.0339. The number of oxime groups is 1. The monoisotopic (exact) mass is 212 g/mol. The zero-order valence-electron chi connectivity index (χ0n) is 7.85. The molecule has 0 saturated carbocycles. The van der Waals surface area contributed by atoms with E-state index in [1.165, 1.54) is 11.3 Å². The van der Waals surface area contributed by atoms with Gasteiger partial charge in [0.1, 0.15) is 11.8 Å². The Labute approximate surface area is 85.6 Å². The summed E-state index contributed by atoms with van der Waals surface area (Å²) in [6.45, 7) is 3.61. The predicted molar refractivity (Wildman–Crippen MR) is 55.0 cm³/mol. The molecular weight excluding hydrogens is 202 g/mol. The smallest absolute Gasteiger partial charge is 0.259 e. The third-order valence-electron chi connectivity index (χ3n) is 1.22. The minimum Gasteiger partial charge on any atom is -0.392 e. The third-order valence-corrected chi connectivity index (χ3v) is 1.89. The quantitative estimate of drug-likeness (QED) is 0.595. The van der Waals surface area contributed by atoms with Crippen molar-refractivity contribution in [3.05, 3.63) is 11.1 Å². The van der Waals surface area contributed by atoms with E-state index in [2.05, 4.69) is 10.1 Å². The molecule has 0 fully saturated rings. The van der Waals surface area contributed by atoms with Gasteiger partial charge in [-0.1, -0.05) is 5.16 Å². The molecule has 1 heterocycles. The average Bonchev–Trinajstić information content (AvgIpc) is 2.53. The van der Waals surface area contributed by atoms with Gasteiger partial charge < -0.3 is 10.6 Å². The van der Waals surface area contributed by atoms with Crippen LogP contribution in [0.1, 0.15) is 19.5 Å². The maximum Gasteiger partial charge on any atom is 0.259 e. The van der Waals surface area contributed by atoms with Gasteiger partial charge in [-0.25, -0.2) is 4.98 Å². The molecule has 0 aromatic carbocycles. The first-order chi connectivity index (χ1) is 6.63. The van der Waals surface area contributed by atoms with Crippen molar-refractivity contribution in [2.75, 3.05) is 5.73 Å². The molecule has 0 bridgehead atoms. The van der Waals surface area contributed by atoms with Crippen LogP contribution < -0.4 is 5.73 Å². The Morgan fingerprint density at radius 1 is 1.79 bits per heavy atom. The highest BCUT2D eigenvalue weighted by atomic mass is 32.1. The second kappa shape index (κ2) is 4.71. The fourth-order valence-electron chi connectivity index (χ4n) is 0.672. The van der Waals surface area contributed by atoms with Crippen LogP contribution in [-0.2, 0) is 9.63 Å². The van der Waals surface area contributed by atoms with Crippen molar-refractivity contribution in [3.8, 4) is 0 Å². The summed E-state index contributed by atoms with van der Waals surface area (Å²) in [4.78, 5) is 19.3. The largest absolute Gasteiger partial charge is 0.392 e. The molecule has 2 N–H and O–H groups in total. The first-order valence-electron chi connectivity index (χ1n) is 3.97. The topological polar surface area (TPSA) is 77.6 Å². The number of carbonyl (C=O) groups excluding carboxylic acids is 1. The lowest BCUT2D eigenvalue weighted by molar-refractivity contribution is 0.0866. The molecule has 0 unspecified atom stereocenters. The normalized spacial score (nSPS) is 11.8. The van der Waals surface area contributed by atoms with Crippen molar-refractivity contribution in [2.45, 2.75) is 20.0 Å². The van der Waals surface area contributed by atoms with Gasteiger partial charge in [0.25, 0.3) is 6.29 Å². The molecule has 5 nitrogen and oxygen atoms in total. The van der Waals surface area contributed by atoms with Gasteiger partial charge in [-0.2, -0.15) is 0 Å². The summed E-state index contributed by atoms with van der Waals surface area (Å²) in [5.41, 5.74) is 5.83. The molecule has 1 radical (unpaired) electrons. The summed E-state index contributed by atoms with van der Waals surface area (Å²) >= 11 is 1.23. The van der Waals surface area contributed by atoms with Crippen molar-refractivity contribution in [2.24, 2.45) is 5.16 Å². The highest BCUT2D eigenvalue weighted by molar-refractivity contribution is 7.13. The summed E-state index contributed by atoms with van der Waals surface area (Å²) in [5.74, 6) is 0. The number of anilines is 1. The number of nitrogens with two attached hydrogens (primary N) is 1.